The zero-order chi connectivity index (χ0) is 17.8. The minimum absolute atomic E-state index is 0.0361. The summed E-state index contributed by atoms with van der Waals surface area (Å²) in [6.45, 7) is 0.455. The van der Waals surface area contributed by atoms with Gasteiger partial charge >= 0.3 is 5.97 Å². The number of benzene rings is 2. The topological polar surface area (TPSA) is 49.9 Å². The Morgan fingerprint density at radius 2 is 1.68 bits per heavy atom. The van der Waals surface area contributed by atoms with Crippen LogP contribution >= 0.6 is 12.2 Å². The zero-order valence-corrected chi connectivity index (χ0v) is 14.6. The molecular formula is C19H18N2O3S. The normalized spacial score (nSPS) is 17.1. The van der Waals surface area contributed by atoms with Gasteiger partial charge in [-0.15, -0.1) is 0 Å². The summed E-state index contributed by atoms with van der Waals surface area (Å²) in [4.78, 5) is 28.0. The second-order valence-corrected chi connectivity index (χ2v) is 6.07. The van der Waals surface area contributed by atoms with Crippen LogP contribution in [0.25, 0.3) is 0 Å². The van der Waals surface area contributed by atoms with Gasteiger partial charge in [0.15, 0.2) is 5.11 Å². The lowest BCUT2D eigenvalue weighted by atomic mass is 10.1. The summed E-state index contributed by atoms with van der Waals surface area (Å²) in [5.41, 5.74) is 1.71. The molecule has 128 valence electrons. The van der Waals surface area contributed by atoms with E-state index >= 15 is 0 Å². The predicted octanol–water partition coefficient (Wildman–Crippen LogP) is 2.75. The van der Waals surface area contributed by atoms with Gasteiger partial charge in [-0.25, -0.2) is 0 Å². The summed E-state index contributed by atoms with van der Waals surface area (Å²) in [5, 5.41) is 0.397. The van der Waals surface area contributed by atoms with E-state index in [1.807, 2.05) is 60.7 Å². The van der Waals surface area contributed by atoms with Crippen molar-refractivity contribution in [3.8, 4) is 0 Å². The van der Waals surface area contributed by atoms with Crippen LogP contribution in [0.3, 0.4) is 0 Å². The van der Waals surface area contributed by atoms with Crippen molar-refractivity contribution in [3.05, 3.63) is 66.2 Å². The molecule has 2 aromatic carbocycles. The fraction of sp³-hybridized carbons (Fsp3) is 0.211. The molecule has 1 saturated heterocycles. The van der Waals surface area contributed by atoms with Gasteiger partial charge in [-0.3, -0.25) is 14.5 Å². The third-order valence-corrected chi connectivity index (χ3v) is 4.53. The van der Waals surface area contributed by atoms with Crippen LogP contribution in [0.15, 0.2) is 60.7 Å². The van der Waals surface area contributed by atoms with Gasteiger partial charge in [-0.1, -0.05) is 48.5 Å². The molecule has 0 saturated carbocycles. The summed E-state index contributed by atoms with van der Waals surface area (Å²) in [6, 6.07) is 18.3. The van der Waals surface area contributed by atoms with Crippen LogP contribution in [0.4, 0.5) is 5.69 Å². The fourth-order valence-electron chi connectivity index (χ4n) is 2.85. The first kappa shape index (κ1) is 17.1. The maximum absolute atomic E-state index is 13.0. The molecule has 1 amide bonds. The van der Waals surface area contributed by atoms with Gasteiger partial charge in [0.25, 0.3) is 5.91 Å². The van der Waals surface area contributed by atoms with E-state index < -0.39 is 12.0 Å². The highest BCUT2D eigenvalue weighted by Gasteiger charge is 2.44. The number of esters is 1. The van der Waals surface area contributed by atoms with E-state index in [0.717, 1.165) is 5.56 Å². The van der Waals surface area contributed by atoms with Crippen molar-refractivity contribution < 1.29 is 14.3 Å². The van der Waals surface area contributed by atoms with Gasteiger partial charge in [-0.05, 0) is 29.9 Å². The van der Waals surface area contributed by atoms with Crippen LogP contribution < -0.4 is 4.90 Å². The number of thiocarbonyl (C=S) groups is 1. The predicted molar refractivity (Wildman–Crippen MR) is 98.9 cm³/mol. The molecule has 0 unspecified atom stereocenters. The molecule has 1 fully saturated rings. The number of methoxy groups -OCH3 is 1. The average Bonchev–Trinajstić information content (AvgIpc) is 2.87. The Labute approximate surface area is 151 Å². The van der Waals surface area contributed by atoms with Crippen LogP contribution in [0.1, 0.15) is 12.0 Å². The molecule has 0 N–H and O–H groups in total. The molecule has 0 aliphatic carbocycles. The van der Waals surface area contributed by atoms with Gasteiger partial charge in [0.05, 0.1) is 19.2 Å². The van der Waals surface area contributed by atoms with E-state index in [4.69, 9.17) is 17.0 Å². The molecular weight excluding hydrogens is 336 g/mol. The van der Waals surface area contributed by atoms with E-state index in [0.29, 0.717) is 17.3 Å². The second-order valence-electron chi connectivity index (χ2n) is 5.70. The molecule has 1 heterocycles. The molecule has 25 heavy (non-hydrogen) atoms. The van der Waals surface area contributed by atoms with Crippen molar-refractivity contribution in [3.63, 3.8) is 0 Å². The average molecular weight is 354 g/mol. The minimum atomic E-state index is -0.666. The second kappa shape index (κ2) is 7.44. The Morgan fingerprint density at radius 1 is 1.08 bits per heavy atom. The number of carbonyl (C=O) groups excluding carboxylic acids is 2. The van der Waals surface area contributed by atoms with Crippen molar-refractivity contribution in [1.29, 1.82) is 0 Å². The number of amides is 1. The molecule has 1 atom stereocenters. The van der Waals surface area contributed by atoms with E-state index in [1.165, 1.54) is 12.0 Å². The minimum Gasteiger partial charge on any atom is -0.469 e. The van der Waals surface area contributed by atoms with Gasteiger partial charge in [0.2, 0.25) is 0 Å². The fourth-order valence-corrected chi connectivity index (χ4v) is 3.24. The Kier molecular flexibility index (Phi) is 5.09. The number of anilines is 1. The molecule has 2 aromatic rings. The van der Waals surface area contributed by atoms with Crippen LogP contribution in [-0.4, -0.2) is 35.0 Å². The zero-order valence-electron chi connectivity index (χ0n) is 13.8. The van der Waals surface area contributed by atoms with Crippen molar-refractivity contribution in [2.75, 3.05) is 12.0 Å². The molecule has 0 aromatic heterocycles. The molecule has 0 radical (unpaired) electrons. The maximum atomic E-state index is 13.0. The monoisotopic (exact) mass is 354 g/mol. The Bertz CT molecular complexity index is 780. The van der Waals surface area contributed by atoms with Gasteiger partial charge in [0.1, 0.15) is 6.04 Å². The van der Waals surface area contributed by atoms with Crippen LogP contribution in [0.5, 0.6) is 0 Å². The third kappa shape index (κ3) is 3.53. The Balaban J connectivity index is 1.93. The van der Waals surface area contributed by atoms with E-state index in [9.17, 15) is 9.59 Å². The highest BCUT2D eigenvalue weighted by Crippen LogP contribution is 2.28. The number of para-hydroxylation sites is 1. The molecule has 0 spiro atoms. The summed E-state index contributed by atoms with van der Waals surface area (Å²) in [6.07, 6.45) is -0.0361. The van der Waals surface area contributed by atoms with E-state index in [1.54, 1.807) is 4.90 Å². The first-order chi connectivity index (χ1) is 12.1. The van der Waals surface area contributed by atoms with Crippen LogP contribution in [0, 0.1) is 0 Å². The summed E-state index contributed by atoms with van der Waals surface area (Å²) >= 11 is 5.57. The smallest absolute Gasteiger partial charge is 0.308 e. The SMILES string of the molecule is COC(=O)C[C@H]1C(=O)N(c2ccccc2)C(=S)N1Cc1ccccc1. The number of ether oxygens (including phenoxy) is 1. The first-order valence-corrected chi connectivity index (χ1v) is 8.33. The molecule has 1 aliphatic heterocycles. The van der Waals surface area contributed by atoms with Crippen molar-refractivity contribution in [2.24, 2.45) is 0 Å². The van der Waals surface area contributed by atoms with Gasteiger partial charge in [0, 0.05) is 6.54 Å². The van der Waals surface area contributed by atoms with Crippen LogP contribution in [0.2, 0.25) is 0 Å². The van der Waals surface area contributed by atoms with E-state index in [2.05, 4.69) is 0 Å². The third-order valence-electron chi connectivity index (χ3n) is 4.12. The Morgan fingerprint density at radius 3 is 2.28 bits per heavy atom. The van der Waals surface area contributed by atoms with E-state index in [-0.39, 0.29) is 12.3 Å². The van der Waals surface area contributed by atoms with Gasteiger partial charge < -0.3 is 9.64 Å². The largest absolute Gasteiger partial charge is 0.469 e. The molecule has 0 bridgehead atoms. The first-order valence-electron chi connectivity index (χ1n) is 7.92. The van der Waals surface area contributed by atoms with Crippen molar-refractivity contribution in [1.82, 2.24) is 4.90 Å². The lowest BCUT2D eigenvalue weighted by Gasteiger charge is -2.23. The van der Waals surface area contributed by atoms with Crippen molar-refractivity contribution in [2.45, 2.75) is 19.0 Å². The molecule has 5 nitrogen and oxygen atoms in total. The summed E-state index contributed by atoms with van der Waals surface area (Å²) in [5.74, 6) is -0.647. The Hall–Kier alpha value is -2.73. The lowest BCUT2D eigenvalue weighted by molar-refractivity contribution is -0.143. The number of hydrogen-bond acceptors (Lipinski definition) is 4. The highest BCUT2D eigenvalue weighted by atomic mass is 32.1. The number of carbonyl (C=O) groups is 2. The summed E-state index contributed by atoms with van der Waals surface area (Å²) < 4.78 is 4.76. The lowest BCUT2D eigenvalue weighted by Crippen LogP contribution is -2.36. The molecule has 6 heteroatoms. The molecule has 1 aliphatic rings. The number of rotatable bonds is 5. The maximum Gasteiger partial charge on any atom is 0.308 e. The number of hydrogen-bond donors (Lipinski definition) is 0. The molecule has 3 rings (SSSR count). The van der Waals surface area contributed by atoms with Gasteiger partial charge in [-0.2, -0.15) is 0 Å². The highest BCUT2D eigenvalue weighted by molar-refractivity contribution is 7.80. The quantitative estimate of drug-likeness (QED) is 0.610. The standard InChI is InChI=1S/C19H18N2O3S/c1-24-17(22)12-16-18(23)21(15-10-6-3-7-11-15)19(25)20(16)13-14-8-4-2-5-9-14/h2-11,16H,12-13H2,1H3/t16-/m0/s1. The van der Waals surface area contributed by atoms with Crippen molar-refractivity contribution >= 4 is 34.9 Å². The van der Waals surface area contributed by atoms with Crippen LogP contribution in [-0.2, 0) is 20.9 Å². The summed E-state index contributed by atoms with van der Waals surface area (Å²) in [7, 11) is 1.32. The number of nitrogens with zero attached hydrogens (tertiary/aromatic N) is 2.